The first-order chi connectivity index (χ1) is 11.2. The van der Waals surface area contributed by atoms with Crippen molar-refractivity contribution in [2.75, 3.05) is 24.6 Å². The van der Waals surface area contributed by atoms with Gasteiger partial charge < -0.3 is 10.6 Å². The fourth-order valence-corrected chi connectivity index (χ4v) is 4.37. The summed E-state index contributed by atoms with van der Waals surface area (Å²) in [7, 11) is 0. The van der Waals surface area contributed by atoms with Crippen LogP contribution in [0.25, 0.3) is 0 Å². The van der Waals surface area contributed by atoms with Crippen molar-refractivity contribution in [2.24, 2.45) is 5.92 Å². The average Bonchev–Trinajstić information content (AvgIpc) is 3.00. The van der Waals surface area contributed by atoms with E-state index in [-0.39, 0.29) is 5.91 Å². The Balaban J connectivity index is 1.42. The Hall–Kier alpha value is -1.60. The van der Waals surface area contributed by atoms with Gasteiger partial charge in [-0.1, -0.05) is 53.4 Å². The molecule has 0 saturated carbocycles. The number of nitrogens with two attached hydrogens (primary N) is 1. The number of nitrogens with zero attached hydrogens (tertiary/aromatic N) is 3. The van der Waals surface area contributed by atoms with Gasteiger partial charge in [0.15, 0.2) is 4.34 Å². The lowest BCUT2D eigenvalue weighted by molar-refractivity contribution is -0.129. The second kappa shape index (κ2) is 7.79. The molecule has 0 atom stereocenters. The lowest BCUT2D eigenvalue weighted by Crippen LogP contribution is -2.39. The smallest absolute Gasteiger partial charge is 0.233 e. The number of thioether (sulfide) groups is 1. The van der Waals surface area contributed by atoms with Crippen LogP contribution in [-0.4, -0.2) is 39.8 Å². The number of piperidine rings is 1. The van der Waals surface area contributed by atoms with E-state index in [1.165, 1.54) is 28.7 Å². The normalized spacial score (nSPS) is 15.7. The molecule has 1 aliphatic rings. The SMILES string of the molecule is Nc1nnc(SCC(=O)N2CCC(Cc3ccccc3)CC2)s1. The van der Waals surface area contributed by atoms with E-state index in [9.17, 15) is 4.79 Å². The molecule has 0 radical (unpaired) electrons. The minimum atomic E-state index is 0.182. The van der Waals surface area contributed by atoms with Crippen molar-refractivity contribution in [3.05, 3.63) is 35.9 Å². The number of hydrogen-bond donors (Lipinski definition) is 1. The fraction of sp³-hybridized carbons (Fsp3) is 0.438. The van der Waals surface area contributed by atoms with Crippen molar-refractivity contribution in [1.82, 2.24) is 15.1 Å². The first-order valence-electron chi connectivity index (χ1n) is 7.74. The summed E-state index contributed by atoms with van der Waals surface area (Å²) in [6, 6.07) is 10.6. The molecule has 1 aliphatic heterocycles. The number of likely N-dealkylation sites (tertiary alicyclic amines) is 1. The van der Waals surface area contributed by atoms with E-state index in [4.69, 9.17) is 5.73 Å². The van der Waals surface area contributed by atoms with Gasteiger partial charge in [-0.2, -0.15) is 0 Å². The maximum absolute atomic E-state index is 12.3. The molecule has 23 heavy (non-hydrogen) atoms. The van der Waals surface area contributed by atoms with E-state index in [2.05, 4.69) is 34.5 Å². The van der Waals surface area contributed by atoms with Crippen molar-refractivity contribution in [1.29, 1.82) is 0 Å². The van der Waals surface area contributed by atoms with Gasteiger partial charge in [-0.05, 0) is 30.7 Å². The lowest BCUT2D eigenvalue weighted by atomic mass is 9.90. The quantitative estimate of drug-likeness (QED) is 0.841. The summed E-state index contributed by atoms with van der Waals surface area (Å²) in [6.45, 7) is 1.71. The van der Waals surface area contributed by atoms with Crippen molar-refractivity contribution in [2.45, 2.75) is 23.6 Å². The number of rotatable bonds is 5. The molecule has 0 aliphatic carbocycles. The monoisotopic (exact) mass is 348 g/mol. The summed E-state index contributed by atoms with van der Waals surface area (Å²) in [5.41, 5.74) is 6.93. The van der Waals surface area contributed by atoms with Crippen LogP contribution in [0.1, 0.15) is 18.4 Å². The lowest BCUT2D eigenvalue weighted by Gasteiger charge is -2.32. The second-order valence-corrected chi connectivity index (χ2v) is 7.94. The van der Waals surface area contributed by atoms with Crippen molar-refractivity contribution < 1.29 is 4.79 Å². The molecule has 7 heteroatoms. The van der Waals surface area contributed by atoms with E-state index in [1.54, 1.807) is 0 Å². The van der Waals surface area contributed by atoms with Gasteiger partial charge in [0.25, 0.3) is 0 Å². The van der Waals surface area contributed by atoms with Crippen LogP contribution in [0.5, 0.6) is 0 Å². The minimum absolute atomic E-state index is 0.182. The second-order valence-electron chi connectivity index (χ2n) is 5.71. The zero-order valence-corrected chi connectivity index (χ0v) is 14.5. The highest BCUT2D eigenvalue weighted by atomic mass is 32.2. The van der Waals surface area contributed by atoms with Gasteiger partial charge in [0, 0.05) is 13.1 Å². The zero-order chi connectivity index (χ0) is 16.1. The van der Waals surface area contributed by atoms with Crippen LogP contribution in [0.4, 0.5) is 5.13 Å². The van der Waals surface area contributed by atoms with Crippen LogP contribution in [0, 0.1) is 5.92 Å². The van der Waals surface area contributed by atoms with E-state index < -0.39 is 0 Å². The molecule has 1 amide bonds. The third-order valence-corrected chi connectivity index (χ3v) is 5.95. The van der Waals surface area contributed by atoms with Gasteiger partial charge in [-0.3, -0.25) is 4.79 Å². The van der Waals surface area contributed by atoms with E-state index in [0.717, 1.165) is 36.7 Å². The Morgan fingerprint density at radius 3 is 2.65 bits per heavy atom. The van der Waals surface area contributed by atoms with Crippen LogP contribution in [-0.2, 0) is 11.2 Å². The first-order valence-corrected chi connectivity index (χ1v) is 9.54. The topological polar surface area (TPSA) is 72.1 Å². The predicted molar refractivity (Wildman–Crippen MR) is 94.5 cm³/mol. The molecule has 1 saturated heterocycles. The molecular formula is C16H20N4OS2. The molecule has 0 spiro atoms. The summed E-state index contributed by atoms with van der Waals surface area (Å²) < 4.78 is 0.759. The predicted octanol–water partition coefficient (Wildman–Crippen LogP) is 2.69. The molecule has 0 bridgehead atoms. The van der Waals surface area contributed by atoms with Gasteiger partial charge >= 0.3 is 0 Å². The van der Waals surface area contributed by atoms with Crippen molar-refractivity contribution >= 4 is 34.1 Å². The van der Waals surface area contributed by atoms with Gasteiger partial charge in [0.2, 0.25) is 11.0 Å². The summed E-state index contributed by atoms with van der Waals surface area (Å²) >= 11 is 2.75. The Labute approximate surface area is 144 Å². The van der Waals surface area contributed by atoms with Crippen LogP contribution >= 0.6 is 23.1 Å². The first kappa shape index (κ1) is 16.3. The number of benzene rings is 1. The average molecular weight is 348 g/mol. The zero-order valence-electron chi connectivity index (χ0n) is 12.9. The number of amides is 1. The molecule has 1 aromatic carbocycles. The molecule has 2 N–H and O–H groups in total. The fourth-order valence-electron chi connectivity index (χ4n) is 2.83. The Morgan fingerprint density at radius 1 is 1.26 bits per heavy atom. The van der Waals surface area contributed by atoms with Gasteiger partial charge in [0.1, 0.15) is 0 Å². The third kappa shape index (κ3) is 4.68. The number of hydrogen-bond acceptors (Lipinski definition) is 6. The summed E-state index contributed by atoms with van der Waals surface area (Å²) in [4.78, 5) is 14.2. The summed E-state index contributed by atoms with van der Waals surface area (Å²) in [6.07, 6.45) is 3.27. The molecule has 3 rings (SSSR count). The van der Waals surface area contributed by atoms with Gasteiger partial charge in [-0.25, -0.2) is 0 Å². The van der Waals surface area contributed by atoms with Crippen molar-refractivity contribution in [3.63, 3.8) is 0 Å². The Morgan fingerprint density at radius 2 is 2.00 bits per heavy atom. The molecule has 1 fully saturated rings. The van der Waals surface area contributed by atoms with Crippen LogP contribution in [0.3, 0.4) is 0 Å². The highest BCUT2D eigenvalue weighted by Crippen LogP contribution is 2.25. The molecule has 0 unspecified atom stereocenters. The minimum Gasteiger partial charge on any atom is -0.374 e. The number of nitrogen functional groups attached to an aromatic ring is 1. The molecular weight excluding hydrogens is 328 g/mol. The number of aromatic nitrogens is 2. The Bertz CT molecular complexity index is 639. The Kier molecular flexibility index (Phi) is 5.51. The summed E-state index contributed by atoms with van der Waals surface area (Å²) in [5, 5.41) is 8.13. The molecule has 2 heterocycles. The molecule has 1 aromatic heterocycles. The molecule has 5 nitrogen and oxygen atoms in total. The third-order valence-electron chi connectivity index (χ3n) is 4.08. The van der Waals surface area contributed by atoms with Crippen LogP contribution < -0.4 is 5.73 Å². The standard InChI is InChI=1S/C16H20N4OS2/c17-15-18-19-16(23-15)22-11-14(21)20-8-6-13(7-9-20)10-12-4-2-1-3-5-12/h1-5,13H,6-11H2,(H2,17,18). The van der Waals surface area contributed by atoms with E-state index in [0.29, 0.717) is 16.8 Å². The maximum atomic E-state index is 12.3. The number of carbonyl (C=O) groups is 1. The van der Waals surface area contributed by atoms with Crippen LogP contribution in [0.2, 0.25) is 0 Å². The largest absolute Gasteiger partial charge is 0.374 e. The molecule has 122 valence electrons. The summed E-state index contributed by atoms with van der Waals surface area (Å²) in [5.74, 6) is 1.27. The highest BCUT2D eigenvalue weighted by molar-refractivity contribution is 8.01. The molecule has 2 aromatic rings. The van der Waals surface area contributed by atoms with Crippen LogP contribution in [0.15, 0.2) is 34.7 Å². The van der Waals surface area contributed by atoms with Gasteiger partial charge in [-0.15, -0.1) is 10.2 Å². The van der Waals surface area contributed by atoms with Crippen molar-refractivity contribution in [3.8, 4) is 0 Å². The van der Waals surface area contributed by atoms with E-state index >= 15 is 0 Å². The van der Waals surface area contributed by atoms with Gasteiger partial charge in [0.05, 0.1) is 5.75 Å². The van der Waals surface area contributed by atoms with E-state index in [1.807, 2.05) is 11.0 Å². The number of carbonyl (C=O) groups excluding carboxylic acids is 1. The number of anilines is 1. The highest BCUT2D eigenvalue weighted by Gasteiger charge is 2.23. The maximum Gasteiger partial charge on any atom is 0.233 e.